The molecule has 0 fully saturated rings. The van der Waals surface area contributed by atoms with Gasteiger partial charge in [-0.2, -0.15) is 0 Å². The topological polar surface area (TPSA) is 111 Å². The number of hydrogen-bond acceptors (Lipinski definition) is 5. The molecule has 2 aromatic heterocycles. The van der Waals surface area contributed by atoms with Crippen LogP contribution in [0.5, 0.6) is 5.75 Å². The van der Waals surface area contributed by atoms with Crippen LogP contribution in [0.1, 0.15) is 26.4 Å². The van der Waals surface area contributed by atoms with Gasteiger partial charge in [0.1, 0.15) is 0 Å². The molecule has 0 atom stereocenters. The fourth-order valence-corrected chi connectivity index (χ4v) is 2.62. The maximum absolute atomic E-state index is 12.8. The van der Waals surface area contributed by atoms with E-state index >= 15 is 0 Å². The number of methoxy groups -OCH3 is 1. The van der Waals surface area contributed by atoms with Gasteiger partial charge in [0.25, 0.3) is 0 Å². The molecule has 0 radical (unpaired) electrons. The van der Waals surface area contributed by atoms with Gasteiger partial charge in [0.05, 0.1) is 28.8 Å². The number of aromatic carboxylic acids is 1. The summed E-state index contributed by atoms with van der Waals surface area (Å²) in [5.41, 5.74) is 0.418. The van der Waals surface area contributed by atoms with Crippen LogP contribution in [0.3, 0.4) is 0 Å². The van der Waals surface area contributed by atoms with Gasteiger partial charge in [0.15, 0.2) is 5.75 Å². The summed E-state index contributed by atoms with van der Waals surface area (Å²) in [5.74, 6) is -1.67. The molecule has 8 nitrogen and oxygen atoms in total. The molecule has 0 aliphatic heterocycles. The monoisotopic (exact) mass is 340 g/mol. The van der Waals surface area contributed by atoms with Crippen LogP contribution in [0.2, 0.25) is 0 Å². The number of aromatic nitrogens is 1. The summed E-state index contributed by atoms with van der Waals surface area (Å²) >= 11 is 0. The number of pyridine rings is 1. The van der Waals surface area contributed by atoms with Crippen LogP contribution in [0.25, 0.3) is 5.52 Å². The fourth-order valence-electron chi connectivity index (χ4n) is 2.62. The van der Waals surface area contributed by atoms with Crippen LogP contribution in [-0.4, -0.2) is 33.3 Å². The van der Waals surface area contributed by atoms with Crippen LogP contribution in [0.15, 0.2) is 48.7 Å². The smallest absolute Gasteiger partial charge is 0.337 e. The van der Waals surface area contributed by atoms with Crippen LogP contribution in [0.4, 0.5) is 5.69 Å². The average molecular weight is 340 g/mol. The fraction of sp³-hybridized carbons (Fsp3) is 0.0588. The van der Waals surface area contributed by atoms with Gasteiger partial charge in [0.2, 0.25) is 5.78 Å². The minimum Gasteiger partial charge on any atom is -0.490 e. The van der Waals surface area contributed by atoms with E-state index < -0.39 is 16.7 Å². The Labute approximate surface area is 141 Å². The van der Waals surface area contributed by atoms with Crippen molar-refractivity contribution < 1.29 is 24.4 Å². The number of rotatable bonds is 5. The number of benzene rings is 1. The van der Waals surface area contributed by atoms with Crippen molar-refractivity contribution in [3.8, 4) is 5.75 Å². The minimum atomic E-state index is -1.15. The lowest BCUT2D eigenvalue weighted by atomic mass is 10.1. The SMILES string of the molecule is COc1cc(C(=O)c2cc(C(=O)O)c3ccccn23)ccc1[N+](=O)[O-]. The Kier molecular flexibility index (Phi) is 3.94. The quantitative estimate of drug-likeness (QED) is 0.434. The van der Waals surface area contributed by atoms with E-state index in [1.165, 1.54) is 35.8 Å². The largest absolute Gasteiger partial charge is 0.490 e. The number of fused-ring (bicyclic) bond motifs is 1. The molecule has 2 heterocycles. The first-order valence-corrected chi connectivity index (χ1v) is 7.14. The van der Waals surface area contributed by atoms with Crippen molar-refractivity contribution in [3.63, 3.8) is 0 Å². The van der Waals surface area contributed by atoms with Crippen molar-refractivity contribution in [3.05, 3.63) is 75.6 Å². The van der Waals surface area contributed by atoms with Crippen molar-refractivity contribution in [2.24, 2.45) is 0 Å². The van der Waals surface area contributed by atoms with Crippen molar-refractivity contribution in [1.82, 2.24) is 4.40 Å². The zero-order chi connectivity index (χ0) is 18.1. The molecule has 25 heavy (non-hydrogen) atoms. The number of ketones is 1. The maximum atomic E-state index is 12.8. The molecule has 0 bridgehead atoms. The molecule has 3 aromatic rings. The van der Waals surface area contributed by atoms with Crippen molar-refractivity contribution in [2.45, 2.75) is 0 Å². The van der Waals surface area contributed by atoms with Gasteiger partial charge in [-0.3, -0.25) is 14.9 Å². The van der Waals surface area contributed by atoms with Crippen molar-refractivity contribution >= 4 is 23.0 Å². The third-order valence-corrected chi connectivity index (χ3v) is 3.78. The number of nitro groups is 1. The molecular weight excluding hydrogens is 328 g/mol. The van der Waals surface area contributed by atoms with E-state index in [2.05, 4.69) is 0 Å². The standard InChI is InChI=1S/C17H12N2O6/c1-25-15-8-10(5-6-13(15)19(23)24)16(20)14-9-11(17(21)22)12-4-2-3-7-18(12)14/h2-9H,1H3,(H,21,22). The number of nitrogens with zero attached hydrogens (tertiary/aromatic N) is 2. The summed E-state index contributed by atoms with van der Waals surface area (Å²) in [6.45, 7) is 0. The van der Waals surface area contributed by atoms with E-state index in [0.29, 0.717) is 5.52 Å². The number of hydrogen-bond donors (Lipinski definition) is 1. The van der Waals surface area contributed by atoms with E-state index in [1.54, 1.807) is 24.4 Å². The normalized spacial score (nSPS) is 10.6. The molecule has 0 unspecified atom stereocenters. The summed E-state index contributed by atoms with van der Waals surface area (Å²) in [5, 5.41) is 20.3. The summed E-state index contributed by atoms with van der Waals surface area (Å²) in [7, 11) is 1.27. The highest BCUT2D eigenvalue weighted by molar-refractivity contribution is 6.11. The van der Waals surface area contributed by atoms with Gasteiger partial charge < -0.3 is 14.2 Å². The molecule has 0 saturated carbocycles. The molecule has 0 aliphatic carbocycles. The number of ether oxygens (including phenoxy) is 1. The Hall–Kier alpha value is -3.68. The highest BCUT2D eigenvalue weighted by Crippen LogP contribution is 2.29. The van der Waals surface area contributed by atoms with Crippen molar-refractivity contribution in [2.75, 3.05) is 7.11 Å². The van der Waals surface area contributed by atoms with Gasteiger partial charge in [-0.1, -0.05) is 6.07 Å². The summed E-state index contributed by atoms with van der Waals surface area (Å²) in [6.07, 6.45) is 1.58. The van der Waals surface area contributed by atoms with Crippen LogP contribution in [0, 0.1) is 10.1 Å². The van der Waals surface area contributed by atoms with Gasteiger partial charge in [-0.05, 0) is 30.3 Å². The van der Waals surface area contributed by atoms with E-state index in [1.807, 2.05) is 0 Å². The Morgan fingerprint density at radius 1 is 1.20 bits per heavy atom. The van der Waals surface area contributed by atoms with Gasteiger partial charge in [-0.15, -0.1) is 0 Å². The zero-order valence-electron chi connectivity index (χ0n) is 13.0. The molecule has 3 rings (SSSR count). The first kappa shape index (κ1) is 16.2. The third kappa shape index (κ3) is 2.69. The minimum absolute atomic E-state index is 0.00201. The molecule has 0 amide bonds. The predicted octanol–water partition coefficient (Wildman–Crippen LogP) is 2.79. The lowest BCUT2D eigenvalue weighted by molar-refractivity contribution is -0.385. The van der Waals surface area contributed by atoms with Crippen LogP contribution < -0.4 is 4.74 Å². The number of carboxylic acid groups (broad SMARTS) is 1. The first-order valence-electron chi connectivity index (χ1n) is 7.14. The predicted molar refractivity (Wildman–Crippen MR) is 87.4 cm³/mol. The summed E-state index contributed by atoms with van der Waals surface area (Å²) in [4.78, 5) is 34.5. The Balaban J connectivity index is 2.15. The van der Waals surface area contributed by atoms with Gasteiger partial charge in [-0.25, -0.2) is 4.79 Å². The lowest BCUT2D eigenvalue weighted by Crippen LogP contribution is -2.06. The number of nitro benzene ring substituents is 1. The van der Waals surface area contributed by atoms with Crippen LogP contribution in [-0.2, 0) is 0 Å². The average Bonchev–Trinajstić information content (AvgIpc) is 3.00. The number of carbonyl (C=O) groups excluding carboxylic acids is 1. The second-order valence-electron chi connectivity index (χ2n) is 5.18. The first-order chi connectivity index (χ1) is 11.9. The van der Waals surface area contributed by atoms with E-state index in [-0.39, 0.29) is 28.3 Å². The molecule has 0 spiro atoms. The Morgan fingerprint density at radius 3 is 2.60 bits per heavy atom. The molecule has 1 aromatic carbocycles. The molecule has 126 valence electrons. The molecular formula is C17H12N2O6. The van der Waals surface area contributed by atoms with Crippen LogP contribution >= 0.6 is 0 Å². The summed E-state index contributed by atoms with van der Waals surface area (Å²) < 4.78 is 6.44. The van der Waals surface area contributed by atoms with E-state index in [9.17, 15) is 24.8 Å². The second-order valence-corrected chi connectivity index (χ2v) is 5.18. The molecule has 8 heteroatoms. The molecule has 0 aliphatic rings. The Bertz CT molecular complexity index is 1020. The highest BCUT2D eigenvalue weighted by atomic mass is 16.6. The second kappa shape index (κ2) is 6.08. The van der Waals surface area contributed by atoms with E-state index in [0.717, 1.165) is 0 Å². The van der Waals surface area contributed by atoms with Crippen molar-refractivity contribution in [1.29, 1.82) is 0 Å². The third-order valence-electron chi connectivity index (χ3n) is 3.78. The number of carboxylic acids is 1. The lowest BCUT2D eigenvalue weighted by Gasteiger charge is -2.05. The highest BCUT2D eigenvalue weighted by Gasteiger charge is 2.22. The van der Waals surface area contributed by atoms with Gasteiger partial charge in [0, 0.05) is 17.8 Å². The van der Waals surface area contributed by atoms with Gasteiger partial charge >= 0.3 is 11.7 Å². The maximum Gasteiger partial charge on any atom is 0.337 e. The van der Waals surface area contributed by atoms with E-state index in [4.69, 9.17) is 4.74 Å². The molecule has 1 N–H and O–H groups in total. The Morgan fingerprint density at radius 2 is 1.96 bits per heavy atom. The number of carbonyl (C=O) groups is 2. The molecule has 0 saturated heterocycles. The zero-order valence-corrected chi connectivity index (χ0v) is 13.0. The summed E-state index contributed by atoms with van der Waals surface area (Å²) in [6, 6.07) is 9.98.